The highest BCUT2D eigenvalue weighted by molar-refractivity contribution is 14.0. The Labute approximate surface area is 150 Å². The van der Waals surface area contributed by atoms with Crippen molar-refractivity contribution in [2.45, 2.75) is 24.5 Å². The van der Waals surface area contributed by atoms with Crippen molar-refractivity contribution in [2.24, 2.45) is 4.99 Å². The van der Waals surface area contributed by atoms with E-state index in [1.54, 1.807) is 7.05 Å². The first-order valence-electron chi connectivity index (χ1n) is 6.58. The summed E-state index contributed by atoms with van der Waals surface area (Å²) in [5.41, 5.74) is 0. The number of rotatable bonds is 5. The van der Waals surface area contributed by atoms with Gasteiger partial charge in [0.2, 0.25) is 0 Å². The summed E-state index contributed by atoms with van der Waals surface area (Å²) in [6.45, 7) is 1.81. The van der Waals surface area contributed by atoms with Crippen LogP contribution < -0.4 is 10.6 Å². The van der Waals surface area contributed by atoms with Crippen molar-refractivity contribution in [2.75, 3.05) is 25.9 Å². The van der Waals surface area contributed by atoms with Crippen LogP contribution >= 0.6 is 51.7 Å². The molecule has 1 atom stereocenters. The van der Waals surface area contributed by atoms with Crippen LogP contribution in [0.25, 0.3) is 0 Å². The zero-order valence-corrected chi connectivity index (χ0v) is 16.3. The van der Waals surface area contributed by atoms with E-state index in [1.807, 2.05) is 12.1 Å². The maximum atomic E-state index is 5.45. The second-order valence-corrected chi connectivity index (χ2v) is 6.66. The number of nitrogens with one attached hydrogen (secondary N) is 2. The molecule has 20 heavy (non-hydrogen) atoms. The van der Waals surface area contributed by atoms with Gasteiger partial charge in [-0.3, -0.25) is 4.99 Å². The van der Waals surface area contributed by atoms with Crippen LogP contribution in [-0.2, 0) is 6.42 Å². The minimum absolute atomic E-state index is 0. The zero-order chi connectivity index (χ0) is 13.5. The minimum Gasteiger partial charge on any atom is -0.454 e. The Hall–Kier alpha value is 0.110. The number of hydrogen-bond donors (Lipinski definition) is 2. The average Bonchev–Trinajstić information content (AvgIpc) is 3.05. The molecule has 1 aromatic rings. The quantitative estimate of drug-likeness (QED) is 0.391. The van der Waals surface area contributed by atoms with E-state index in [0.717, 1.165) is 41.1 Å². The molecule has 0 radical (unpaired) electrons. The monoisotopic (exact) mass is 473 g/mol. The van der Waals surface area contributed by atoms with E-state index in [0.29, 0.717) is 0 Å². The molecule has 1 fully saturated rings. The van der Waals surface area contributed by atoms with Crippen molar-refractivity contribution in [1.82, 2.24) is 10.6 Å². The molecular formula is C13H21BrIN3OS. The fourth-order valence-electron chi connectivity index (χ4n) is 2.03. The minimum atomic E-state index is 0. The maximum absolute atomic E-state index is 5.45. The van der Waals surface area contributed by atoms with E-state index in [9.17, 15) is 0 Å². The number of furan rings is 1. The average molecular weight is 474 g/mol. The largest absolute Gasteiger partial charge is 0.454 e. The first-order valence-corrected chi connectivity index (χ1v) is 8.42. The maximum Gasteiger partial charge on any atom is 0.191 e. The lowest BCUT2D eigenvalue weighted by atomic mass is 10.2. The molecule has 0 aliphatic carbocycles. The summed E-state index contributed by atoms with van der Waals surface area (Å²) in [6.07, 6.45) is 3.51. The van der Waals surface area contributed by atoms with Crippen LogP contribution in [0.4, 0.5) is 0 Å². The van der Waals surface area contributed by atoms with Crippen LogP contribution in [0.3, 0.4) is 0 Å². The van der Waals surface area contributed by atoms with E-state index in [2.05, 4.69) is 43.3 Å². The zero-order valence-electron chi connectivity index (χ0n) is 11.5. The molecule has 1 aromatic heterocycles. The van der Waals surface area contributed by atoms with Crippen molar-refractivity contribution < 1.29 is 4.42 Å². The Kier molecular flexibility index (Phi) is 9.03. The summed E-state index contributed by atoms with van der Waals surface area (Å²) in [7, 11) is 1.81. The van der Waals surface area contributed by atoms with Crippen LogP contribution in [0.5, 0.6) is 0 Å². The van der Waals surface area contributed by atoms with Gasteiger partial charge in [0.05, 0.1) is 0 Å². The highest BCUT2D eigenvalue weighted by Crippen LogP contribution is 2.25. The molecule has 0 aromatic carbocycles. The van der Waals surface area contributed by atoms with Crippen LogP contribution in [0.15, 0.2) is 26.2 Å². The van der Waals surface area contributed by atoms with Gasteiger partial charge in [0, 0.05) is 31.8 Å². The molecule has 1 unspecified atom stereocenters. The lowest BCUT2D eigenvalue weighted by Gasteiger charge is -2.14. The Morgan fingerprint density at radius 3 is 2.95 bits per heavy atom. The Balaban J connectivity index is 0.00000200. The van der Waals surface area contributed by atoms with Crippen molar-refractivity contribution in [3.05, 3.63) is 22.6 Å². The number of thioether (sulfide) groups is 1. The third-order valence-electron chi connectivity index (χ3n) is 3.04. The number of halogens is 2. The van der Waals surface area contributed by atoms with Gasteiger partial charge in [-0.15, -0.1) is 24.0 Å². The molecule has 0 bridgehead atoms. The topological polar surface area (TPSA) is 49.6 Å². The van der Waals surface area contributed by atoms with Gasteiger partial charge in [0.25, 0.3) is 0 Å². The van der Waals surface area contributed by atoms with Gasteiger partial charge in [-0.2, -0.15) is 11.8 Å². The highest BCUT2D eigenvalue weighted by Gasteiger charge is 2.15. The molecule has 2 heterocycles. The summed E-state index contributed by atoms with van der Waals surface area (Å²) < 4.78 is 6.23. The van der Waals surface area contributed by atoms with Crippen molar-refractivity contribution in [3.8, 4) is 0 Å². The molecule has 114 valence electrons. The van der Waals surface area contributed by atoms with Gasteiger partial charge in [-0.25, -0.2) is 0 Å². The second kappa shape index (κ2) is 9.94. The molecule has 2 N–H and O–H groups in total. The van der Waals surface area contributed by atoms with Gasteiger partial charge >= 0.3 is 0 Å². The molecule has 0 amide bonds. The number of guanidine groups is 1. The number of nitrogens with zero attached hydrogens (tertiary/aromatic N) is 1. The molecule has 2 rings (SSSR count). The van der Waals surface area contributed by atoms with Gasteiger partial charge in [-0.1, -0.05) is 0 Å². The van der Waals surface area contributed by atoms with Gasteiger partial charge in [0.1, 0.15) is 5.76 Å². The van der Waals surface area contributed by atoms with Gasteiger partial charge in [-0.05, 0) is 46.7 Å². The summed E-state index contributed by atoms with van der Waals surface area (Å²) in [5, 5.41) is 7.42. The van der Waals surface area contributed by atoms with Crippen molar-refractivity contribution in [1.29, 1.82) is 0 Å². The Morgan fingerprint density at radius 2 is 2.35 bits per heavy atom. The van der Waals surface area contributed by atoms with E-state index >= 15 is 0 Å². The Morgan fingerprint density at radius 1 is 1.50 bits per heavy atom. The second-order valence-electron chi connectivity index (χ2n) is 4.47. The molecular weight excluding hydrogens is 453 g/mol. The van der Waals surface area contributed by atoms with E-state index in [4.69, 9.17) is 4.42 Å². The predicted octanol–water partition coefficient (Wildman–Crippen LogP) is 3.26. The van der Waals surface area contributed by atoms with Crippen LogP contribution in [0, 0.1) is 0 Å². The number of aliphatic imine (C=N–C) groups is 1. The molecule has 0 spiro atoms. The van der Waals surface area contributed by atoms with E-state index < -0.39 is 0 Å². The number of hydrogen-bond acceptors (Lipinski definition) is 3. The molecule has 0 saturated carbocycles. The molecule has 1 aliphatic heterocycles. The molecule has 1 aliphatic rings. The fraction of sp³-hybridized carbons (Fsp3) is 0.615. The summed E-state index contributed by atoms with van der Waals surface area (Å²) in [4.78, 5) is 4.23. The van der Waals surface area contributed by atoms with Crippen molar-refractivity contribution in [3.63, 3.8) is 0 Å². The lowest BCUT2D eigenvalue weighted by molar-refractivity contribution is 0.486. The normalized spacial score (nSPS) is 18.7. The van der Waals surface area contributed by atoms with Crippen LogP contribution in [-0.4, -0.2) is 37.1 Å². The third kappa shape index (κ3) is 6.26. The molecule has 1 saturated heterocycles. The van der Waals surface area contributed by atoms with Gasteiger partial charge < -0.3 is 15.1 Å². The molecule has 4 nitrogen and oxygen atoms in total. The Bertz CT molecular complexity index is 422. The first-order chi connectivity index (χ1) is 9.28. The standard InChI is InChI=1S/C13H20BrN3OS.HI/c1-15-13(17-9-11-3-2-8-19-11)16-7-6-10-4-5-12(14)18-10;/h4-5,11H,2-3,6-9H2,1H3,(H2,15,16,17);1H. The first kappa shape index (κ1) is 18.2. The van der Waals surface area contributed by atoms with Crippen LogP contribution in [0.2, 0.25) is 0 Å². The summed E-state index contributed by atoms with van der Waals surface area (Å²) in [5.74, 6) is 3.14. The van der Waals surface area contributed by atoms with E-state index in [-0.39, 0.29) is 24.0 Å². The predicted molar refractivity (Wildman–Crippen MR) is 100 cm³/mol. The van der Waals surface area contributed by atoms with E-state index in [1.165, 1.54) is 18.6 Å². The smallest absolute Gasteiger partial charge is 0.191 e. The molecule has 7 heteroatoms. The fourth-order valence-corrected chi connectivity index (χ4v) is 3.57. The summed E-state index contributed by atoms with van der Waals surface area (Å²) >= 11 is 5.36. The summed E-state index contributed by atoms with van der Waals surface area (Å²) in [6, 6.07) is 3.90. The van der Waals surface area contributed by atoms with Crippen molar-refractivity contribution >= 4 is 57.6 Å². The third-order valence-corrected chi connectivity index (χ3v) is 4.86. The lowest BCUT2D eigenvalue weighted by Crippen LogP contribution is -2.40. The van der Waals surface area contributed by atoms with Crippen LogP contribution in [0.1, 0.15) is 18.6 Å². The highest BCUT2D eigenvalue weighted by atomic mass is 127. The van der Waals surface area contributed by atoms with Gasteiger partial charge in [0.15, 0.2) is 10.6 Å². The SMILES string of the molecule is CN=C(NCCc1ccc(Br)o1)NCC1CCCS1.I.